The zero-order valence-electron chi connectivity index (χ0n) is 12.3. The number of rotatable bonds is 5. The minimum atomic E-state index is -0.920. The molecule has 0 aliphatic carbocycles. The van der Waals surface area contributed by atoms with E-state index < -0.39 is 12.0 Å². The van der Waals surface area contributed by atoms with Gasteiger partial charge in [-0.25, -0.2) is 4.79 Å². The van der Waals surface area contributed by atoms with Crippen LogP contribution in [0, 0.1) is 5.41 Å². The van der Waals surface area contributed by atoms with Crippen LogP contribution in [0.1, 0.15) is 45.7 Å². The monoisotopic (exact) mass is 298 g/mol. The number of aliphatic carboxylic acids is 1. The van der Waals surface area contributed by atoms with Crippen LogP contribution in [0.25, 0.3) is 0 Å². The van der Waals surface area contributed by atoms with Gasteiger partial charge < -0.3 is 15.7 Å². The van der Waals surface area contributed by atoms with Crippen molar-refractivity contribution in [3.05, 3.63) is 22.4 Å². The Hall–Kier alpha value is -1.56. The van der Waals surface area contributed by atoms with Gasteiger partial charge >= 0.3 is 12.0 Å². The van der Waals surface area contributed by atoms with Crippen LogP contribution in [-0.4, -0.2) is 23.1 Å². The molecule has 1 aromatic heterocycles. The van der Waals surface area contributed by atoms with E-state index in [0.29, 0.717) is 0 Å². The third-order valence-electron chi connectivity index (χ3n) is 3.12. The van der Waals surface area contributed by atoms with Crippen molar-refractivity contribution in [2.24, 2.45) is 5.41 Å². The molecule has 0 saturated carbocycles. The standard InChI is InChI=1S/C14H22N2O3S/c1-9(10-5-6-20-8-10)15-13(19)16-11(7-12(17)18)14(2,3)4/h5-6,8-9,11H,7H2,1-4H3,(H,17,18)(H2,15,16,19). The first-order valence-electron chi connectivity index (χ1n) is 6.51. The Balaban J connectivity index is 2.60. The molecule has 0 aromatic carbocycles. The van der Waals surface area contributed by atoms with E-state index in [4.69, 9.17) is 5.11 Å². The predicted molar refractivity (Wildman–Crippen MR) is 79.9 cm³/mol. The fourth-order valence-corrected chi connectivity index (χ4v) is 2.50. The van der Waals surface area contributed by atoms with Crippen LogP contribution in [0.3, 0.4) is 0 Å². The van der Waals surface area contributed by atoms with Crippen molar-refractivity contribution >= 4 is 23.3 Å². The first-order chi connectivity index (χ1) is 9.20. The Bertz CT molecular complexity index is 451. The molecule has 0 spiro atoms. The number of urea groups is 1. The highest BCUT2D eigenvalue weighted by Crippen LogP contribution is 2.22. The molecule has 2 amide bonds. The van der Waals surface area contributed by atoms with Gasteiger partial charge in [0.1, 0.15) is 0 Å². The van der Waals surface area contributed by atoms with Crippen LogP contribution in [0.5, 0.6) is 0 Å². The van der Waals surface area contributed by atoms with Crippen LogP contribution >= 0.6 is 11.3 Å². The van der Waals surface area contributed by atoms with Crippen molar-refractivity contribution in [2.75, 3.05) is 0 Å². The molecule has 3 N–H and O–H groups in total. The van der Waals surface area contributed by atoms with Gasteiger partial charge in [0.15, 0.2) is 0 Å². The maximum absolute atomic E-state index is 12.0. The number of carboxylic acid groups (broad SMARTS) is 1. The molecule has 2 unspecified atom stereocenters. The summed E-state index contributed by atoms with van der Waals surface area (Å²) in [4.78, 5) is 22.9. The molecule has 0 aliphatic rings. The average molecular weight is 298 g/mol. The zero-order valence-corrected chi connectivity index (χ0v) is 13.1. The van der Waals surface area contributed by atoms with Crippen molar-refractivity contribution in [1.82, 2.24) is 10.6 Å². The summed E-state index contributed by atoms with van der Waals surface area (Å²) in [7, 11) is 0. The molecule has 0 bridgehead atoms. The normalized spacial score (nSPS) is 14.4. The summed E-state index contributed by atoms with van der Waals surface area (Å²) < 4.78 is 0. The first kappa shape index (κ1) is 16.5. The van der Waals surface area contributed by atoms with E-state index in [1.165, 1.54) is 0 Å². The summed E-state index contributed by atoms with van der Waals surface area (Å²) >= 11 is 1.57. The molecule has 5 nitrogen and oxygen atoms in total. The lowest BCUT2D eigenvalue weighted by molar-refractivity contribution is -0.138. The smallest absolute Gasteiger partial charge is 0.315 e. The molecule has 0 fully saturated rings. The van der Waals surface area contributed by atoms with Gasteiger partial charge in [0.05, 0.1) is 12.5 Å². The summed E-state index contributed by atoms with van der Waals surface area (Å²) in [6, 6.07) is 1.08. The van der Waals surface area contributed by atoms with Crippen LogP contribution in [-0.2, 0) is 4.79 Å². The van der Waals surface area contributed by atoms with E-state index in [9.17, 15) is 9.59 Å². The lowest BCUT2D eigenvalue weighted by Crippen LogP contribution is -2.49. The second kappa shape index (κ2) is 6.74. The highest BCUT2D eigenvalue weighted by atomic mass is 32.1. The molecule has 1 rings (SSSR count). The van der Waals surface area contributed by atoms with E-state index in [-0.39, 0.29) is 23.9 Å². The average Bonchev–Trinajstić information content (AvgIpc) is 2.79. The molecule has 2 atom stereocenters. The summed E-state index contributed by atoms with van der Waals surface area (Å²) in [5.41, 5.74) is 0.720. The number of carbonyl (C=O) groups is 2. The van der Waals surface area contributed by atoms with Crippen molar-refractivity contribution < 1.29 is 14.7 Å². The summed E-state index contributed by atoms with van der Waals surface area (Å²) in [6.07, 6.45) is -0.0935. The Morgan fingerprint density at radius 3 is 2.45 bits per heavy atom. The van der Waals surface area contributed by atoms with Crippen molar-refractivity contribution in [3.63, 3.8) is 0 Å². The fourth-order valence-electron chi connectivity index (χ4n) is 1.75. The largest absolute Gasteiger partial charge is 0.481 e. The molecule has 112 valence electrons. The maximum Gasteiger partial charge on any atom is 0.315 e. The van der Waals surface area contributed by atoms with Gasteiger partial charge in [-0.1, -0.05) is 20.8 Å². The van der Waals surface area contributed by atoms with Crippen molar-refractivity contribution in [3.8, 4) is 0 Å². The van der Waals surface area contributed by atoms with E-state index in [2.05, 4.69) is 10.6 Å². The summed E-state index contributed by atoms with van der Waals surface area (Å²) in [5, 5.41) is 18.4. The predicted octanol–water partition coefficient (Wildman–Crippen LogP) is 3.00. The highest BCUT2D eigenvalue weighted by Gasteiger charge is 2.28. The lowest BCUT2D eigenvalue weighted by Gasteiger charge is -2.30. The van der Waals surface area contributed by atoms with Gasteiger partial charge in [-0.3, -0.25) is 4.79 Å². The van der Waals surface area contributed by atoms with Crippen LogP contribution in [0.4, 0.5) is 4.79 Å². The van der Waals surface area contributed by atoms with E-state index in [0.717, 1.165) is 5.56 Å². The Morgan fingerprint density at radius 1 is 1.35 bits per heavy atom. The van der Waals surface area contributed by atoms with Gasteiger partial charge in [-0.05, 0) is 34.7 Å². The highest BCUT2D eigenvalue weighted by molar-refractivity contribution is 7.07. The number of hydrogen-bond acceptors (Lipinski definition) is 3. The lowest BCUT2D eigenvalue weighted by atomic mass is 9.85. The molecule has 1 heterocycles. The molecule has 1 aromatic rings. The number of carboxylic acids is 1. The Morgan fingerprint density at radius 2 is 2.00 bits per heavy atom. The van der Waals surface area contributed by atoms with Crippen molar-refractivity contribution in [1.29, 1.82) is 0 Å². The number of carbonyl (C=O) groups excluding carboxylic acids is 1. The molecule has 0 aliphatic heterocycles. The van der Waals surface area contributed by atoms with Gasteiger partial charge in [0.2, 0.25) is 0 Å². The second-order valence-electron chi connectivity index (χ2n) is 5.91. The van der Waals surface area contributed by atoms with E-state index >= 15 is 0 Å². The number of nitrogens with one attached hydrogen (secondary N) is 2. The molecular weight excluding hydrogens is 276 g/mol. The quantitative estimate of drug-likeness (QED) is 0.782. The summed E-state index contributed by atoms with van der Waals surface area (Å²) in [5.74, 6) is -0.920. The maximum atomic E-state index is 12.0. The van der Waals surface area contributed by atoms with Gasteiger partial charge in [-0.2, -0.15) is 11.3 Å². The van der Waals surface area contributed by atoms with E-state index in [1.54, 1.807) is 11.3 Å². The summed E-state index contributed by atoms with van der Waals surface area (Å²) in [6.45, 7) is 7.61. The molecule has 6 heteroatoms. The number of amides is 2. The Kier molecular flexibility index (Phi) is 5.56. The third-order valence-corrected chi connectivity index (χ3v) is 3.82. The van der Waals surface area contributed by atoms with Gasteiger partial charge in [0.25, 0.3) is 0 Å². The van der Waals surface area contributed by atoms with Crippen LogP contribution in [0.2, 0.25) is 0 Å². The van der Waals surface area contributed by atoms with E-state index in [1.807, 2.05) is 44.5 Å². The van der Waals surface area contributed by atoms with Gasteiger partial charge in [-0.15, -0.1) is 0 Å². The molecule has 0 radical (unpaired) electrons. The SMILES string of the molecule is CC(NC(=O)NC(CC(=O)O)C(C)(C)C)c1ccsc1. The van der Waals surface area contributed by atoms with Gasteiger partial charge in [0, 0.05) is 6.04 Å². The molecule has 0 saturated heterocycles. The zero-order chi connectivity index (χ0) is 15.3. The molecular formula is C14H22N2O3S. The first-order valence-corrected chi connectivity index (χ1v) is 7.45. The van der Waals surface area contributed by atoms with Crippen LogP contribution < -0.4 is 10.6 Å². The second-order valence-corrected chi connectivity index (χ2v) is 6.69. The number of hydrogen-bond donors (Lipinski definition) is 3. The minimum absolute atomic E-state index is 0.0935. The minimum Gasteiger partial charge on any atom is -0.481 e. The Labute approximate surface area is 123 Å². The number of thiophene rings is 1. The topological polar surface area (TPSA) is 78.4 Å². The fraction of sp³-hybridized carbons (Fsp3) is 0.571. The molecule has 20 heavy (non-hydrogen) atoms. The van der Waals surface area contributed by atoms with Crippen LogP contribution in [0.15, 0.2) is 16.8 Å². The third kappa shape index (κ3) is 5.21. The van der Waals surface area contributed by atoms with Crippen molar-refractivity contribution in [2.45, 2.75) is 46.2 Å².